The van der Waals surface area contributed by atoms with E-state index in [-0.39, 0.29) is 0 Å². The van der Waals surface area contributed by atoms with Gasteiger partial charge in [-0.25, -0.2) is 0 Å². The Morgan fingerprint density at radius 2 is 2.20 bits per heavy atom. The number of aryl methyl sites for hydroxylation is 2. The van der Waals surface area contributed by atoms with Crippen molar-refractivity contribution in [1.29, 1.82) is 0 Å². The molecular weight excluding hydrogens is 190 g/mol. The molecule has 1 heterocycles. The summed E-state index contributed by atoms with van der Waals surface area (Å²) in [4.78, 5) is 4.11. The maximum atomic E-state index is 4.99. The van der Waals surface area contributed by atoms with Gasteiger partial charge in [0.1, 0.15) is 0 Å². The number of aromatic nitrogens is 2. The molecule has 2 rings (SSSR count). The number of nitrogens with zero attached hydrogens (tertiary/aromatic N) is 2. The zero-order valence-corrected chi connectivity index (χ0v) is 8.82. The molecule has 0 spiro atoms. The zero-order chi connectivity index (χ0) is 10.7. The van der Waals surface area contributed by atoms with Crippen molar-refractivity contribution in [3.8, 4) is 0 Å². The van der Waals surface area contributed by atoms with E-state index in [1.165, 1.54) is 5.56 Å². The van der Waals surface area contributed by atoms with Gasteiger partial charge in [0.2, 0.25) is 5.89 Å². The van der Waals surface area contributed by atoms with Crippen molar-refractivity contribution in [2.75, 3.05) is 5.32 Å². The van der Waals surface area contributed by atoms with E-state index in [0.717, 1.165) is 5.69 Å². The van der Waals surface area contributed by atoms with Crippen molar-refractivity contribution in [3.05, 3.63) is 41.5 Å². The molecule has 0 atom stereocenters. The van der Waals surface area contributed by atoms with Gasteiger partial charge < -0.3 is 9.84 Å². The van der Waals surface area contributed by atoms with Gasteiger partial charge >= 0.3 is 0 Å². The minimum Gasteiger partial charge on any atom is -0.376 e. The topological polar surface area (TPSA) is 51.0 Å². The Kier molecular flexibility index (Phi) is 2.67. The summed E-state index contributed by atoms with van der Waals surface area (Å²) in [6.45, 7) is 4.42. The largest absolute Gasteiger partial charge is 0.376 e. The van der Waals surface area contributed by atoms with Gasteiger partial charge in [0.15, 0.2) is 5.82 Å². The predicted octanol–water partition coefficient (Wildman–Crippen LogP) is 2.30. The predicted molar refractivity (Wildman–Crippen MR) is 57.5 cm³/mol. The van der Waals surface area contributed by atoms with Crippen molar-refractivity contribution in [2.45, 2.75) is 20.4 Å². The molecule has 0 radical (unpaired) electrons. The lowest BCUT2D eigenvalue weighted by Crippen LogP contribution is -1.99. The van der Waals surface area contributed by atoms with Crippen molar-refractivity contribution in [2.24, 2.45) is 0 Å². The fourth-order valence-electron chi connectivity index (χ4n) is 1.34. The van der Waals surface area contributed by atoms with E-state index >= 15 is 0 Å². The summed E-state index contributed by atoms with van der Waals surface area (Å²) in [7, 11) is 0. The molecule has 1 aromatic heterocycles. The van der Waals surface area contributed by atoms with Crippen LogP contribution < -0.4 is 5.32 Å². The first-order valence-corrected chi connectivity index (χ1v) is 4.84. The zero-order valence-electron chi connectivity index (χ0n) is 8.82. The summed E-state index contributed by atoms with van der Waals surface area (Å²) in [5, 5.41) is 6.94. The average Bonchev–Trinajstić information content (AvgIpc) is 2.62. The number of benzene rings is 1. The van der Waals surface area contributed by atoms with Crippen molar-refractivity contribution in [3.63, 3.8) is 0 Å². The maximum absolute atomic E-state index is 4.99. The van der Waals surface area contributed by atoms with Crippen LogP contribution in [0.1, 0.15) is 17.3 Å². The molecule has 0 fully saturated rings. The van der Waals surface area contributed by atoms with Crippen LogP contribution in [0.4, 0.5) is 5.69 Å². The van der Waals surface area contributed by atoms with E-state index in [9.17, 15) is 0 Å². The molecule has 0 bridgehead atoms. The van der Waals surface area contributed by atoms with Crippen LogP contribution in [0.25, 0.3) is 0 Å². The molecule has 78 valence electrons. The monoisotopic (exact) mass is 203 g/mol. The third-order valence-corrected chi connectivity index (χ3v) is 2.03. The summed E-state index contributed by atoms with van der Waals surface area (Å²) in [6.07, 6.45) is 0. The van der Waals surface area contributed by atoms with E-state index in [0.29, 0.717) is 18.3 Å². The molecule has 4 nitrogen and oxygen atoms in total. The van der Waals surface area contributed by atoms with Gasteiger partial charge in [-0.3, -0.25) is 0 Å². The summed E-state index contributed by atoms with van der Waals surface area (Å²) in [5.74, 6) is 1.27. The van der Waals surface area contributed by atoms with Crippen molar-refractivity contribution >= 4 is 5.69 Å². The lowest BCUT2D eigenvalue weighted by molar-refractivity contribution is 0.379. The van der Waals surface area contributed by atoms with Gasteiger partial charge in [0.25, 0.3) is 0 Å². The Bertz CT molecular complexity index is 451. The van der Waals surface area contributed by atoms with Gasteiger partial charge in [-0.2, -0.15) is 4.98 Å². The Labute approximate surface area is 88.3 Å². The molecule has 1 aromatic carbocycles. The Morgan fingerprint density at radius 1 is 1.33 bits per heavy atom. The molecular formula is C11H13N3O. The molecule has 2 aromatic rings. The van der Waals surface area contributed by atoms with E-state index in [4.69, 9.17) is 4.52 Å². The van der Waals surface area contributed by atoms with Gasteiger partial charge in [0.05, 0.1) is 6.54 Å². The standard InChI is InChI=1S/C11H13N3O/c1-8-4-3-5-10(6-8)12-7-11-13-9(2)14-15-11/h3-6,12H,7H2,1-2H3. The lowest BCUT2D eigenvalue weighted by atomic mass is 10.2. The molecule has 0 amide bonds. The van der Waals surface area contributed by atoms with Crippen LogP contribution in [0.3, 0.4) is 0 Å². The molecule has 0 aliphatic carbocycles. The highest BCUT2D eigenvalue weighted by Crippen LogP contribution is 2.10. The van der Waals surface area contributed by atoms with E-state index < -0.39 is 0 Å². The molecule has 15 heavy (non-hydrogen) atoms. The Hall–Kier alpha value is -1.84. The van der Waals surface area contributed by atoms with Crippen molar-refractivity contribution in [1.82, 2.24) is 10.1 Å². The van der Waals surface area contributed by atoms with Crippen LogP contribution in [-0.4, -0.2) is 10.1 Å². The minimum atomic E-state index is 0.560. The highest BCUT2D eigenvalue weighted by Gasteiger charge is 2.01. The average molecular weight is 203 g/mol. The number of nitrogens with one attached hydrogen (secondary N) is 1. The highest BCUT2D eigenvalue weighted by atomic mass is 16.5. The molecule has 0 saturated heterocycles. The highest BCUT2D eigenvalue weighted by molar-refractivity contribution is 5.45. The van der Waals surface area contributed by atoms with Crippen molar-refractivity contribution < 1.29 is 4.52 Å². The third kappa shape index (κ3) is 2.56. The number of hydrogen-bond acceptors (Lipinski definition) is 4. The van der Waals surface area contributed by atoms with E-state index in [1.807, 2.05) is 12.1 Å². The molecule has 0 aliphatic rings. The molecule has 0 unspecified atom stereocenters. The second-order valence-corrected chi connectivity index (χ2v) is 3.46. The van der Waals surface area contributed by atoms with Gasteiger partial charge in [-0.05, 0) is 31.5 Å². The third-order valence-electron chi connectivity index (χ3n) is 2.03. The number of anilines is 1. The summed E-state index contributed by atoms with van der Waals surface area (Å²) >= 11 is 0. The smallest absolute Gasteiger partial charge is 0.245 e. The summed E-state index contributed by atoms with van der Waals surface area (Å²) < 4.78 is 4.99. The first-order valence-electron chi connectivity index (χ1n) is 4.84. The summed E-state index contributed by atoms with van der Waals surface area (Å²) in [5.41, 5.74) is 2.28. The second-order valence-electron chi connectivity index (χ2n) is 3.46. The number of rotatable bonds is 3. The fraction of sp³-hybridized carbons (Fsp3) is 0.273. The van der Waals surface area contributed by atoms with Crippen LogP contribution in [0.2, 0.25) is 0 Å². The normalized spacial score (nSPS) is 10.3. The molecule has 0 aliphatic heterocycles. The molecule has 0 saturated carbocycles. The van der Waals surface area contributed by atoms with E-state index in [1.54, 1.807) is 6.92 Å². The minimum absolute atomic E-state index is 0.560. The van der Waals surface area contributed by atoms with Gasteiger partial charge in [0, 0.05) is 5.69 Å². The van der Waals surface area contributed by atoms with Gasteiger partial charge in [-0.1, -0.05) is 17.3 Å². The van der Waals surface area contributed by atoms with Crippen LogP contribution in [0, 0.1) is 13.8 Å². The second kappa shape index (κ2) is 4.13. The number of hydrogen-bond donors (Lipinski definition) is 1. The van der Waals surface area contributed by atoms with Crippen LogP contribution in [0.5, 0.6) is 0 Å². The first kappa shape index (κ1) is 9.71. The maximum Gasteiger partial charge on any atom is 0.245 e. The lowest BCUT2D eigenvalue weighted by Gasteiger charge is -2.03. The quantitative estimate of drug-likeness (QED) is 0.831. The Balaban J connectivity index is 1.99. The summed E-state index contributed by atoms with van der Waals surface area (Å²) in [6, 6.07) is 8.15. The van der Waals surface area contributed by atoms with E-state index in [2.05, 4.69) is 34.5 Å². The Morgan fingerprint density at radius 3 is 2.87 bits per heavy atom. The molecule has 4 heteroatoms. The van der Waals surface area contributed by atoms with Crippen LogP contribution in [-0.2, 0) is 6.54 Å². The first-order chi connectivity index (χ1) is 7.24. The molecule has 1 N–H and O–H groups in total. The van der Waals surface area contributed by atoms with Crippen LogP contribution in [0.15, 0.2) is 28.8 Å². The SMILES string of the molecule is Cc1cccc(NCc2nc(C)no2)c1. The fourth-order valence-corrected chi connectivity index (χ4v) is 1.34. The van der Waals surface area contributed by atoms with Gasteiger partial charge in [-0.15, -0.1) is 0 Å². The van der Waals surface area contributed by atoms with Crippen LogP contribution >= 0.6 is 0 Å².